The lowest BCUT2D eigenvalue weighted by Crippen LogP contribution is -2.13. The molecule has 0 aliphatic heterocycles. The van der Waals surface area contributed by atoms with Crippen molar-refractivity contribution in [2.45, 2.75) is 6.43 Å². The van der Waals surface area contributed by atoms with Crippen LogP contribution >= 0.6 is 0 Å². The second kappa shape index (κ2) is 8.70. The lowest BCUT2D eigenvalue weighted by atomic mass is 10.2. The van der Waals surface area contributed by atoms with Gasteiger partial charge in [-0.05, 0) is 48.5 Å². The Morgan fingerprint density at radius 3 is 2.65 bits per heavy atom. The number of pyridine rings is 2. The molecule has 156 valence electrons. The van der Waals surface area contributed by atoms with E-state index in [2.05, 4.69) is 20.4 Å². The molecule has 7 nitrogen and oxygen atoms in total. The van der Waals surface area contributed by atoms with Gasteiger partial charge in [-0.1, -0.05) is 6.07 Å². The molecule has 4 rings (SSSR count). The number of carbonyl (C=O) groups excluding carboxylic acids is 1. The van der Waals surface area contributed by atoms with Crippen LogP contribution in [0.25, 0.3) is 16.9 Å². The highest BCUT2D eigenvalue weighted by Gasteiger charge is 2.18. The molecule has 3 heterocycles. The van der Waals surface area contributed by atoms with Gasteiger partial charge in [-0.15, -0.1) is 0 Å². The number of ether oxygens (including phenoxy) is 1. The van der Waals surface area contributed by atoms with Crippen molar-refractivity contribution in [3.63, 3.8) is 0 Å². The maximum atomic E-state index is 13.3. The summed E-state index contributed by atoms with van der Waals surface area (Å²) in [5, 5.41) is 6.70. The summed E-state index contributed by atoms with van der Waals surface area (Å²) < 4.78 is 33.0. The van der Waals surface area contributed by atoms with Crippen molar-refractivity contribution in [1.29, 1.82) is 0 Å². The van der Waals surface area contributed by atoms with Crippen LogP contribution in [0.1, 0.15) is 22.5 Å². The van der Waals surface area contributed by atoms with Gasteiger partial charge in [0.25, 0.3) is 12.3 Å². The highest BCUT2D eigenvalue weighted by atomic mass is 19.3. The molecular weight excluding hydrogens is 404 g/mol. The number of benzene rings is 1. The van der Waals surface area contributed by atoms with Gasteiger partial charge < -0.3 is 10.1 Å². The number of carbonyl (C=O) groups is 1. The lowest BCUT2D eigenvalue weighted by Gasteiger charge is -2.09. The molecule has 1 amide bonds. The average molecular weight is 421 g/mol. The summed E-state index contributed by atoms with van der Waals surface area (Å²) in [5.74, 6) is 0.516. The second-order valence-electron chi connectivity index (χ2n) is 6.50. The number of aromatic nitrogens is 4. The Balaban J connectivity index is 1.60. The molecule has 0 radical (unpaired) electrons. The van der Waals surface area contributed by atoms with Crippen LogP contribution in [0.3, 0.4) is 0 Å². The summed E-state index contributed by atoms with van der Waals surface area (Å²) in [5.41, 5.74) is 1.62. The van der Waals surface area contributed by atoms with E-state index < -0.39 is 6.43 Å². The normalized spacial score (nSPS) is 10.8. The predicted molar refractivity (Wildman–Crippen MR) is 110 cm³/mol. The monoisotopic (exact) mass is 421 g/mol. The fourth-order valence-electron chi connectivity index (χ4n) is 2.96. The third kappa shape index (κ3) is 4.40. The van der Waals surface area contributed by atoms with E-state index in [4.69, 9.17) is 4.74 Å². The van der Waals surface area contributed by atoms with Crippen molar-refractivity contribution in [2.75, 3.05) is 12.4 Å². The first-order valence-electron chi connectivity index (χ1n) is 9.25. The molecule has 4 aromatic rings. The Labute approximate surface area is 176 Å². The average Bonchev–Trinajstić information content (AvgIpc) is 3.26. The summed E-state index contributed by atoms with van der Waals surface area (Å²) >= 11 is 0. The molecule has 31 heavy (non-hydrogen) atoms. The summed E-state index contributed by atoms with van der Waals surface area (Å²) in [4.78, 5) is 20.7. The standard InChI is InChI=1S/C22H17F2N5O2/c1-31-17-6-2-4-14(10-17)22(30)27-20-8-7-16(13-26-20)29-19(11-18(28-29)21(23)24)15-5-3-9-25-12-15/h2-13,21H,1H3,(H,26,27,30). The number of nitrogens with one attached hydrogen (secondary N) is 1. The predicted octanol–water partition coefficient (Wildman–Crippen LogP) is 4.53. The van der Waals surface area contributed by atoms with Crippen molar-refractivity contribution in [3.8, 4) is 22.7 Å². The fraction of sp³-hybridized carbons (Fsp3) is 0.0909. The van der Waals surface area contributed by atoms with Gasteiger partial charge in [-0.2, -0.15) is 5.10 Å². The van der Waals surface area contributed by atoms with Gasteiger partial charge in [0.1, 0.15) is 17.3 Å². The highest BCUT2D eigenvalue weighted by molar-refractivity contribution is 6.04. The summed E-state index contributed by atoms with van der Waals surface area (Å²) in [6, 6.07) is 14.7. The number of hydrogen-bond donors (Lipinski definition) is 1. The van der Waals surface area contributed by atoms with Gasteiger partial charge in [0.15, 0.2) is 0 Å². The van der Waals surface area contributed by atoms with Crippen LogP contribution in [0.5, 0.6) is 5.75 Å². The Hall–Kier alpha value is -4.14. The molecule has 0 bridgehead atoms. The fourth-order valence-corrected chi connectivity index (χ4v) is 2.96. The Kier molecular flexibility index (Phi) is 5.65. The molecular formula is C22H17F2N5O2. The molecule has 0 aliphatic carbocycles. The van der Waals surface area contributed by atoms with Crippen LogP contribution in [0.4, 0.5) is 14.6 Å². The first-order chi connectivity index (χ1) is 15.0. The van der Waals surface area contributed by atoms with Crippen LogP contribution in [0.2, 0.25) is 0 Å². The first-order valence-corrected chi connectivity index (χ1v) is 9.25. The van der Waals surface area contributed by atoms with Crippen LogP contribution in [0, 0.1) is 0 Å². The smallest absolute Gasteiger partial charge is 0.282 e. The minimum atomic E-state index is -2.72. The SMILES string of the molecule is COc1cccc(C(=O)Nc2ccc(-n3nc(C(F)F)cc3-c3cccnc3)cn2)c1. The molecule has 1 N–H and O–H groups in total. The van der Waals surface area contributed by atoms with E-state index in [0.29, 0.717) is 34.1 Å². The topological polar surface area (TPSA) is 81.9 Å². The number of alkyl halides is 2. The van der Waals surface area contributed by atoms with Crippen molar-refractivity contribution in [1.82, 2.24) is 19.7 Å². The molecule has 9 heteroatoms. The molecule has 0 atom stereocenters. The first kappa shape index (κ1) is 20.1. The van der Waals surface area contributed by atoms with Crippen molar-refractivity contribution in [2.24, 2.45) is 0 Å². The number of rotatable bonds is 6. The number of hydrogen-bond acceptors (Lipinski definition) is 5. The molecule has 3 aromatic heterocycles. The zero-order valence-corrected chi connectivity index (χ0v) is 16.4. The zero-order chi connectivity index (χ0) is 21.8. The minimum Gasteiger partial charge on any atom is -0.497 e. The second-order valence-corrected chi connectivity index (χ2v) is 6.50. The highest BCUT2D eigenvalue weighted by Crippen LogP contribution is 2.27. The van der Waals surface area contributed by atoms with E-state index in [9.17, 15) is 13.6 Å². The summed E-state index contributed by atoms with van der Waals surface area (Å²) in [7, 11) is 1.52. The van der Waals surface area contributed by atoms with Crippen LogP contribution < -0.4 is 10.1 Å². The summed E-state index contributed by atoms with van der Waals surface area (Å²) in [6.45, 7) is 0. The molecule has 1 aromatic carbocycles. The van der Waals surface area contributed by atoms with Crippen LogP contribution in [-0.2, 0) is 0 Å². The number of anilines is 1. The van der Waals surface area contributed by atoms with Crippen molar-refractivity contribution < 1.29 is 18.3 Å². The van der Waals surface area contributed by atoms with E-state index in [0.717, 1.165) is 0 Å². The van der Waals surface area contributed by atoms with Gasteiger partial charge in [0.05, 0.1) is 24.7 Å². The minimum absolute atomic E-state index is 0.306. The van der Waals surface area contributed by atoms with E-state index in [-0.39, 0.29) is 11.6 Å². The molecule has 0 saturated heterocycles. The van der Waals surface area contributed by atoms with Crippen LogP contribution in [-0.4, -0.2) is 32.8 Å². The van der Waals surface area contributed by atoms with E-state index >= 15 is 0 Å². The number of nitrogens with zero attached hydrogens (tertiary/aromatic N) is 4. The summed E-state index contributed by atoms with van der Waals surface area (Å²) in [6.07, 6.45) is 1.90. The number of halogens is 2. The molecule has 0 saturated carbocycles. The molecule has 0 unspecified atom stereocenters. The van der Waals surface area contributed by atoms with Gasteiger partial charge >= 0.3 is 0 Å². The maximum Gasteiger partial charge on any atom is 0.282 e. The third-order valence-electron chi connectivity index (χ3n) is 4.48. The van der Waals surface area contributed by atoms with E-state index in [1.165, 1.54) is 24.1 Å². The van der Waals surface area contributed by atoms with Gasteiger partial charge in [-0.3, -0.25) is 9.78 Å². The van der Waals surface area contributed by atoms with Gasteiger partial charge in [0, 0.05) is 23.5 Å². The van der Waals surface area contributed by atoms with E-state index in [1.54, 1.807) is 60.9 Å². The molecule has 0 fully saturated rings. The Bertz CT molecular complexity index is 1190. The third-order valence-corrected chi connectivity index (χ3v) is 4.48. The number of methoxy groups -OCH3 is 1. The van der Waals surface area contributed by atoms with Gasteiger partial charge in [-0.25, -0.2) is 18.4 Å². The number of amides is 1. The Morgan fingerprint density at radius 2 is 1.97 bits per heavy atom. The molecule has 0 aliphatic rings. The van der Waals surface area contributed by atoms with Crippen LogP contribution in [0.15, 0.2) is 73.2 Å². The molecule has 0 spiro atoms. The van der Waals surface area contributed by atoms with E-state index in [1.807, 2.05) is 0 Å². The van der Waals surface area contributed by atoms with Crippen molar-refractivity contribution >= 4 is 11.7 Å². The quantitative estimate of drug-likeness (QED) is 0.495. The maximum absolute atomic E-state index is 13.3. The lowest BCUT2D eigenvalue weighted by molar-refractivity contribution is 0.102. The zero-order valence-electron chi connectivity index (χ0n) is 16.4. The van der Waals surface area contributed by atoms with Gasteiger partial charge in [0.2, 0.25) is 0 Å². The largest absolute Gasteiger partial charge is 0.497 e. The Morgan fingerprint density at radius 1 is 1.10 bits per heavy atom. The van der Waals surface area contributed by atoms with Crippen molar-refractivity contribution in [3.05, 3.63) is 84.4 Å².